The second kappa shape index (κ2) is 4.20. The van der Waals surface area contributed by atoms with Gasteiger partial charge in [0.2, 0.25) is 5.91 Å². The standard InChI is InChI=1S/C10H16FNO4S/c11-17(15,16)6-8-4-9(13)12(5-8)7-10(14)2-1-3-10/h8,14H,1-7H2. The average molecular weight is 265 g/mol. The summed E-state index contributed by atoms with van der Waals surface area (Å²) in [7, 11) is -4.53. The summed E-state index contributed by atoms with van der Waals surface area (Å²) in [6, 6.07) is 0. The van der Waals surface area contributed by atoms with Gasteiger partial charge in [-0.25, -0.2) is 0 Å². The highest BCUT2D eigenvalue weighted by molar-refractivity contribution is 7.86. The number of nitrogens with zero attached hydrogens (tertiary/aromatic N) is 1. The van der Waals surface area contributed by atoms with Crippen LogP contribution in [0.2, 0.25) is 0 Å². The molecule has 1 aliphatic carbocycles. The third-order valence-corrected chi connectivity index (χ3v) is 4.37. The van der Waals surface area contributed by atoms with Crippen molar-refractivity contribution in [1.82, 2.24) is 4.90 Å². The van der Waals surface area contributed by atoms with Crippen molar-refractivity contribution < 1.29 is 22.2 Å². The topological polar surface area (TPSA) is 74.7 Å². The number of rotatable bonds is 4. The molecule has 2 fully saturated rings. The van der Waals surface area contributed by atoms with Gasteiger partial charge in [-0.1, -0.05) is 0 Å². The van der Waals surface area contributed by atoms with E-state index in [-0.39, 0.29) is 25.4 Å². The molecule has 2 aliphatic rings. The molecule has 1 saturated carbocycles. The summed E-state index contributed by atoms with van der Waals surface area (Å²) in [6.07, 6.45) is 2.34. The van der Waals surface area contributed by atoms with Crippen LogP contribution in [0.25, 0.3) is 0 Å². The molecule has 0 aromatic heterocycles. The molecule has 0 bridgehead atoms. The Morgan fingerprint density at radius 3 is 2.59 bits per heavy atom. The summed E-state index contributed by atoms with van der Waals surface area (Å²) >= 11 is 0. The van der Waals surface area contributed by atoms with E-state index in [1.54, 1.807) is 0 Å². The fourth-order valence-corrected chi connectivity index (χ4v) is 3.28. The molecule has 1 N–H and O–H groups in total. The van der Waals surface area contributed by atoms with Gasteiger partial charge < -0.3 is 10.0 Å². The van der Waals surface area contributed by atoms with Gasteiger partial charge in [0, 0.05) is 25.4 Å². The van der Waals surface area contributed by atoms with E-state index >= 15 is 0 Å². The molecule has 98 valence electrons. The third kappa shape index (κ3) is 3.16. The Hall–Kier alpha value is -0.690. The van der Waals surface area contributed by atoms with E-state index in [9.17, 15) is 22.2 Å². The lowest BCUT2D eigenvalue weighted by Crippen LogP contribution is -2.48. The maximum absolute atomic E-state index is 12.5. The number of β-amino-alcohol motifs (C(OH)–C–C–N with tert-alkyl or cyclic N) is 1. The van der Waals surface area contributed by atoms with Gasteiger partial charge in [0.25, 0.3) is 0 Å². The van der Waals surface area contributed by atoms with Gasteiger partial charge in [-0.3, -0.25) is 4.79 Å². The Morgan fingerprint density at radius 2 is 2.12 bits per heavy atom. The molecular formula is C10H16FNO4S. The van der Waals surface area contributed by atoms with Gasteiger partial charge in [-0.15, -0.1) is 3.89 Å². The fraction of sp³-hybridized carbons (Fsp3) is 0.900. The van der Waals surface area contributed by atoms with Crippen LogP contribution < -0.4 is 0 Å². The molecule has 17 heavy (non-hydrogen) atoms. The number of carbonyl (C=O) groups excluding carboxylic acids is 1. The molecule has 1 atom stereocenters. The Morgan fingerprint density at radius 1 is 1.47 bits per heavy atom. The highest BCUT2D eigenvalue weighted by atomic mass is 32.3. The number of carbonyl (C=O) groups is 1. The average Bonchev–Trinajstić information content (AvgIpc) is 2.41. The van der Waals surface area contributed by atoms with Crippen molar-refractivity contribution in [3.8, 4) is 0 Å². The summed E-state index contributed by atoms with van der Waals surface area (Å²) in [6.45, 7) is 0.471. The predicted molar refractivity (Wildman–Crippen MR) is 58.4 cm³/mol. The minimum atomic E-state index is -4.53. The summed E-state index contributed by atoms with van der Waals surface area (Å²) in [5.41, 5.74) is -0.806. The van der Waals surface area contributed by atoms with Crippen LogP contribution in [0.5, 0.6) is 0 Å². The molecular weight excluding hydrogens is 249 g/mol. The van der Waals surface area contributed by atoms with Gasteiger partial charge >= 0.3 is 10.2 Å². The molecule has 1 unspecified atom stereocenters. The monoisotopic (exact) mass is 265 g/mol. The Bertz CT molecular complexity index is 418. The summed E-state index contributed by atoms with van der Waals surface area (Å²) in [4.78, 5) is 13.0. The van der Waals surface area contributed by atoms with Gasteiger partial charge in [0.15, 0.2) is 0 Å². The first kappa shape index (κ1) is 12.8. The lowest BCUT2D eigenvalue weighted by Gasteiger charge is -2.39. The van der Waals surface area contributed by atoms with Crippen LogP contribution in [-0.2, 0) is 15.0 Å². The third-order valence-electron chi connectivity index (χ3n) is 3.50. The number of halogens is 1. The normalized spacial score (nSPS) is 28.2. The zero-order valence-electron chi connectivity index (χ0n) is 9.43. The second-order valence-electron chi connectivity index (χ2n) is 5.13. The van der Waals surface area contributed by atoms with Crippen molar-refractivity contribution >= 4 is 16.1 Å². The van der Waals surface area contributed by atoms with Gasteiger partial charge in [-0.05, 0) is 19.3 Å². The molecule has 1 aliphatic heterocycles. The van der Waals surface area contributed by atoms with E-state index in [4.69, 9.17) is 0 Å². The van der Waals surface area contributed by atoms with Crippen molar-refractivity contribution in [2.24, 2.45) is 5.92 Å². The Balaban J connectivity index is 1.91. The van der Waals surface area contributed by atoms with Crippen molar-refractivity contribution in [2.45, 2.75) is 31.3 Å². The number of hydrogen-bond acceptors (Lipinski definition) is 4. The van der Waals surface area contributed by atoms with Gasteiger partial charge in [0.1, 0.15) is 0 Å². The number of aliphatic hydroxyl groups is 1. The molecule has 0 spiro atoms. The van der Waals surface area contributed by atoms with E-state index in [1.807, 2.05) is 0 Å². The number of likely N-dealkylation sites (tertiary alicyclic amines) is 1. The largest absolute Gasteiger partial charge is 0.388 e. The first-order valence-electron chi connectivity index (χ1n) is 5.70. The zero-order chi connectivity index (χ0) is 12.7. The summed E-state index contributed by atoms with van der Waals surface area (Å²) < 4.78 is 33.5. The molecule has 7 heteroatoms. The van der Waals surface area contributed by atoms with E-state index in [2.05, 4.69) is 0 Å². The SMILES string of the molecule is O=C1CC(CS(=O)(=O)F)CN1CC1(O)CCC1. The van der Waals surface area contributed by atoms with Crippen molar-refractivity contribution in [3.63, 3.8) is 0 Å². The first-order valence-corrected chi connectivity index (χ1v) is 7.25. The predicted octanol–water partition coefficient (Wildman–Crippen LogP) is 0.0492. The lowest BCUT2D eigenvalue weighted by atomic mass is 9.80. The van der Waals surface area contributed by atoms with Gasteiger partial charge in [0.05, 0.1) is 11.4 Å². The molecule has 2 rings (SSSR count). The molecule has 1 heterocycles. The van der Waals surface area contributed by atoms with Crippen LogP contribution in [0.3, 0.4) is 0 Å². The maximum Gasteiger partial charge on any atom is 0.302 e. The quantitative estimate of drug-likeness (QED) is 0.729. The van der Waals surface area contributed by atoms with Crippen LogP contribution in [0, 0.1) is 5.92 Å². The second-order valence-corrected chi connectivity index (χ2v) is 6.54. The van der Waals surface area contributed by atoms with Crippen molar-refractivity contribution in [3.05, 3.63) is 0 Å². The van der Waals surface area contributed by atoms with Gasteiger partial charge in [-0.2, -0.15) is 8.42 Å². The molecule has 0 radical (unpaired) electrons. The fourth-order valence-electron chi connectivity index (χ4n) is 2.50. The number of amides is 1. The van der Waals surface area contributed by atoms with E-state index in [0.29, 0.717) is 12.8 Å². The van der Waals surface area contributed by atoms with Crippen LogP contribution in [0.1, 0.15) is 25.7 Å². The van der Waals surface area contributed by atoms with Crippen LogP contribution in [0.15, 0.2) is 0 Å². The summed E-state index contributed by atoms with van der Waals surface area (Å²) in [5, 5.41) is 9.92. The molecule has 5 nitrogen and oxygen atoms in total. The van der Waals surface area contributed by atoms with E-state index in [1.165, 1.54) is 4.90 Å². The Labute approximate surface area is 99.8 Å². The number of hydrogen-bond donors (Lipinski definition) is 1. The van der Waals surface area contributed by atoms with Crippen LogP contribution in [0.4, 0.5) is 3.89 Å². The minimum absolute atomic E-state index is 0.0548. The highest BCUT2D eigenvalue weighted by Crippen LogP contribution is 2.34. The molecule has 1 amide bonds. The minimum Gasteiger partial charge on any atom is -0.388 e. The van der Waals surface area contributed by atoms with Crippen molar-refractivity contribution in [1.29, 1.82) is 0 Å². The first-order chi connectivity index (χ1) is 7.77. The summed E-state index contributed by atoms with van der Waals surface area (Å²) in [5.74, 6) is -1.28. The smallest absolute Gasteiger partial charge is 0.302 e. The van der Waals surface area contributed by atoms with Crippen LogP contribution in [-0.4, -0.2) is 48.8 Å². The molecule has 0 aromatic carbocycles. The maximum atomic E-state index is 12.5. The zero-order valence-corrected chi connectivity index (χ0v) is 10.2. The lowest BCUT2D eigenvalue weighted by molar-refractivity contribution is -0.133. The molecule has 1 saturated heterocycles. The Kier molecular flexibility index (Phi) is 3.15. The molecule has 0 aromatic rings. The highest BCUT2D eigenvalue weighted by Gasteiger charge is 2.41. The van der Waals surface area contributed by atoms with E-state index in [0.717, 1.165) is 6.42 Å². The van der Waals surface area contributed by atoms with E-state index < -0.39 is 27.5 Å². The van der Waals surface area contributed by atoms with Crippen molar-refractivity contribution in [2.75, 3.05) is 18.8 Å². The van der Waals surface area contributed by atoms with Crippen LogP contribution >= 0.6 is 0 Å².